The highest BCUT2D eigenvalue weighted by molar-refractivity contribution is 7.93. The molecule has 1 fully saturated rings. The number of amides is 1. The molecule has 1 aliphatic rings. The number of anilines is 2. The topological polar surface area (TPSA) is 88.6 Å². The van der Waals surface area contributed by atoms with Crippen LogP contribution in [0.2, 0.25) is 0 Å². The summed E-state index contributed by atoms with van der Waals surface area (Å²) in [5, 5.41) is 2.00. The van der Waals surface area contributed by atoms with Gasteiger partial charge in [0.15, 0.2) is 11.2 Å². The van der Waals surface area contributed by atoms with Crippen molar-refractivity contribution in [2.75, 3.05) is 16.2 Å². The molecule has 2 heterocycles. The maximum atomic E-state index is 13.0. The first-order valence-corrected chi connectivity index (χ1v) is 12.7. The Balaban J connectivity index is 0.00000306. The molecular formula is C23H27N3O4S2. The molecule has 2 aromatic carbocycles. The van der Waals surface area contributed by atoms with E-state index in [1.165, 1.54) is 35.2 Å². The Bertz CT molecular complexity index is 1210. The lowest BCUT2D eigenvalue weighted by molar-refractivity contribution is -0.122. The number of aromatic nitrogens is 1. The van der Waals surface area contributed by atoms with Crippen LogP contribution in [0.25, 0.3) is 0 Å². The Morgan fingerprint density at radius 2 is 1.97 bits per heavy atom. The molecule has 3 aromatic rings. The Kier molecular flexibility index (Phi) is 6.21. The molecule has 0 aliphatic carbocycles. The summed E-state index contributed by atoms with van der Waals surface area (Å²) < 4.78 is 33.5. The second-order valence-corrected chi connectivity index (χ2v) is 10.6. The molecule has 170 valence electrons. The average molecular weight is 474 g/mol. The Morgan fingerprint density at radius 1 is 1.22 bits per heavy atom. The fourth-order valence-electron chi connectivity index (χ4n) is 3.61. The lowest BCUT2D eigenvalue weighted by atomic mass is 10.0. The van der Waals surface area contributed by atoms with Crippen LogP contribution in [0.4, 0.5) is 10.8 Å². The van der Waals surface area contributed by atoms with Gasteiger partial charge >= 0.3 is 0 Å². The van der Waals surface area contributed by atoms with E-state index in [4.69, 9.17) is 4.74 Å². The predicted octanol–water partition coefficient (Wildman–Crippen LogP) is 4.81. The summed E-state index contributed by atoms with van der Waals surface area (Å²) in [5.41, 5.74) is 2.91. The van der Waals surface area contributed by atoms with Crippen LogP contribution in [0.5, 0.6) is 5.75 Å². The van der Waals surface area contributed by atoms with Crippen molar-refractivity contribution in [1.29, 1.82) is 0 Å². The Morgan fingerprint density at radius 3 is 2.62 bits per heavy atom. The molecule has 1 N–H and O–H groups in total. The number of aryl methyl sites for hydroxylation is 1. The number of sulfonamides is 1. The van der Waals surface area contributed by atoms with Gasteiger partial charge in [0.2, 0.25) is 0 Å². The van der Waals surface area contributed by atoms with Gasteiger partial charge in [-0.15, -0.1) is 11.3 Å². The molecule has 9 heteroatoms. The minimum absolute atomic E-state index is 0. The summed E-state index contributed by atoms with van der Waals surface area (Å²) in [6, 6.07) is 12.3. The van der Waals surface area contributed by atoms with Gasteiger partial charge in [-0.3, -0.25) is 9.52 Å². The van der Waals surface area contributed by atoms with E-state index in [1.54, 1.807) is 22.4 Å². The normalized spacial score (nSPS) is 16.6. The zero-order valence-electron chi connectivity index (χ0n) is 18.1. The fourth-order valence-corrected chi connectivity index (χ4v) is 5.40. The van der Waals surface area contributed by atoms with Crippen molar-refractivity contribution in [2.24, 2.45) is 0 Å². The molecule has 1 unspecified atom stereocenters. The number of nitrogens with one attached hydrogen (secondary N) is 1. The van der Waals surface area contributed by atoms with E-state index in [0.29, 0.717) is 35.5 Å². The molecule has 1 aromatic heterocycles. The highest BCUT2D eigenvalue weighted by Crippen LogP contribution is 2.29. The van der Waals surface area contributed by atoms with E-state index < -0.39 is 16.1 Å². The van der Waals surface area contributed by atoms with Crippen LogP contribution in [0.1, 0.15) is 38.7 Å². The van der Waals surface area contributed by atoms with Gasteiger partial charge in [-0.05, 0) is 60.4 Å². The van der Waals surface area contributed by atoms with Crippen molar-refractivity contribution in [3.63, 3.8) is 0 Å². The zero-order chi connectivity index (χ0) is 22.9. The van der Waals surface area contributed by atoms with E-state index in [1.807, 2.05) is 19.1 Å². The van der Waals surface area contributed by atoms with Crippen LogP contribution in [-0.2, 0) is 14.8 Å². The van der Waals surface area contributed by atoms with Crippen molar-refractivity contribution in [1.82, 2.24) is 4.98 Å². The minimum atomic E-state index is -3.73. The molecule has 0 saturated carbocycles. The lowest BCUT2D eigenvalue weighted by Crippen LogP contribution is -2.32. The number of thiazole rings is 1. The van der Waals surface area contributed by atoms with Crippen molar-refractivity contribution in [2.45, 2.75) is 44.1 Å². The first-order valence-electron chi connectivity index (χ1n) is 10.3. The summed E-state index contributed by atoms with van der Waals surface area (Å²) in [7, 11) is -3.73. The van der Waals surface area contributed by atoms with Crippen LogP contribution in [0.3, 0.4) is 0 Å². The van der Waals surface area contributed by atoms with Crippen LogP contribution in [-0.4, -0.2) is 32.0 Å². The molecule has 1 amide bonds. The summed E-state index contributed by atoms with van der Waals surface area (Å²) in [6.07, 6.45) is 1.53. The zero-order valence-corrected chi connectivity index (χ0v) is 19.7. The summed E-state index contributed by atoms with van der Waals surface area (Å²) in [4.78, 5) is 18.7. The smallest absolute Gasteiger partial charge is 0.268 e. The van der Waals surface area contributed by atoms with Gasteiger partial charge in [-0.2, -0.15) is 0 Å². The van der Waals surface area contributed by atoms with E-state index in [9.17, 15) is 13.2 Å². The maximum Gasteiger partial charge on any atom is 0.268 e. The van der Waals surface area contributed by atoms with Crippen molar-refractivity contribution in [3.05, 3.63) is 65.2 Å². The van der Waals surface area contributed by atoms with Gasteiger partial charge in [0.05, 0.1) is 4.90 Å². The lowest BCUT2D eigenvalue weighted by Gasteiger charge is -2.18. The van der Waals surface area contributed by atoms with Crippen molar-refractivity contribution >= 4 is 38.1 Å². The third kappa shape index (κ3) is 4.78. The second-order valence-electron chi connectivity index (χ2n) is 8.06. The predicted molar refractivity (Wildman–Crippen MR) is 128 cm³/mol. The fraction of sp³-hybridized carbons (Fsp3) is 0.304. The van der Waals surface area contributed by atoms with E-state index in [2.05, 4.69) is 29.6 Å². The average Bonchev–Trinajstić information content (AvgIpc) is 3.37. The number of hydrogen-bond donors (Lipinski definition) is 1. The monoisotopic (exact) mass is 473 g/mol. The van der Waals surface area contributed by atoms with E-state index in [0.717, 1.165) is 5.56 Å². The van der Waals surface area contributed by atoms with Crippen LogP contribution < -0.4 is 14.4 Å². The Labute approximate surface area is 193 Å². The van der Waals surface area contributed by atoms with Crippen LogP contribution >= 0.6 is 11.3 Å². The number of carbonyl (C=O) groups is 1. The van der Waals surface area contributed by atoms with Gasteiger partial charge in [-0.25, -0.2) is 13.4 Å². The first kappa shape index (κ1) is 22.3. The van der Waals surface area contributed by atoms with Gasteiger partial charge in [-0.1, -0.05) is 19.9 Å². The van der Waals surface area contributed by atoms with Gasteiger partial charge in [0.1, 0.15) is 5.75 Å². The van der Waals surface area contributed by atoms with Gasteiger partial charge < -0.3 is 9.64 Å². The number of carbonyl (C=O) groups excluding carboxylic acids is 1. The van der Waals surface area contributed by atoms with Crippen LogP contribution in [0, 0.1) is 6.92 Å². The molecule has 32 heavy (non-hydrogen) atoms. The molecule has 0 bridgehead atoms. The van der Waals surface area contributed by atoms with Crippen molar-refractivity contribution in [3.8, 4) is 5.75 Å². The summed E-state index contributed by atoms with van der Waals surface area (Å²) in [5.74, 6) is 0.936. The second kappa shape index (κ2) is 8.91. The quantitative estimate of drug-likeness (QED) is 0.532. The summed E-state index contributed by atoms with van der Waals surface area (Å²) in [6.45, 7) is 6.77. The number of ether oxygens (including phenoxy) is 1. The molecule has 1 atom stereocenters. The largest absolute Gasteiger partial charge is 0.480 e. The standard InChI is InChI=1S/C23H25N3O4S2.H2/c1-15(2)17-12-16(3)13-19(14-17)30-21-8-10-26(22(21)27)18-4-6-20(7-5-18)32(28,29)25-23-24-9-11-31-23;/h4-7,9,11-15,21H,8,10H2,1-3H3,(H,24,25);1H. The molecule has 0 radical (unpaired) electrons. The number of nitrogens with zero attached hydrogens (tertiary/aromatic N) is 2. The number of hydrogen-bond acceptors (Lipinski definition) is 6. The SMILES string of the molecule is Cc1cc(OC2CCN(c3ccc(S(=O)(=O)Nc4nccs4)cc3)C2=O)cc(C(C)C)c1.[HH]. The van der Waals surface area contributed by atoms with Crippen molar-refractivity contribution < 1.29 is 19.4 Å². The third-order valence-corrected chi connectivity index (χ3v) is 7.46. The molecule has 1 saturated heterocycles. The van der Waals surface area contributed by atoms with E-state index in [-0.39, 0.29) is 12.2 Å². The van der Waals surface area contributed by atoms with Crippen LogP contribution in [0.15, 0.2) is 58.9 Å². The first-order chi connectivity index (χ1) is 15.2. The third-order valence-electron chi connectivity index (χ3n) is 5.29. The van der Waals surface area contributed by atoms with Gasteiger partial charge in [0.25, 0.3) is 15.9 Å². The highest BCUT2D eigenvalue weighted by atomic mass is 32.2. The van der Waals surface area contributed by atoms with E-state index >= 15 is 0 Å². The number of rotatable bonds is 7. The summed E-state index contributed by atoms with van der Waals surface area (Å²) >= 11 is 1.20. The molecular weight excluding hydrogens is 446 g/mol. The molecule has 1 aliphatic heterocycles. The highest BCUT2D eigenvalue weighted by Gasteiger charge is 2.34. The molecule has 7 nitrogen and oxygen atoms in total. The van der Waals surface area contributed by atoms with Gasteiger partial charge in [0, 0.05) is 31.7 Å². The molecule has 4 rings (SSSR count). The Hall–Kier alpha value is -2.91. The minimum Gasteiger partial charge on any atom is -0.480 e. The molecule has 0 spiro atoms. The maximum absolute atomic E-state index is 13.0. The number of benzene rings is 2.